The monoisotopic (exact) mass is 204 g/mol. The van der Waals surface area contributed by atoms with Crippen LogP contribution < -0.4 is 9.44 Å². The summed E-state index contributed by atoms with van der Waals surface area (Å²) in [7, 11) is -2.11. The summed E-state index contributed by atoms with van der Waals surface area (Å²) < 4.78 is 26.7. The van der Waals surface area contributed by atoms with Crippen LogP contribution in [-0.4, -0.2) is 25.7 Å². The Bertz CT molecular complexity index is 375. The maximum absolute atomic E-state index is 11.1. The van der Waals surface area contributed by atoms with Crippen LogP contribution in [-0.2, 0) is 10.2 Å². The standard InChI is InChI=1S/C6H12N4O2S/c1-4-6(5(2)9-8-4)10-13(11,12)7-3/h7,10H,1-3H3,(H,8,9). The Labute approximate surface area is 76.9 Å². The lowest BCUT2D eigenvalue weighted by molar-refractivity contribution is 0.593. The van der Waals surface area contributed by atoms with Crippen molar-refractivity contribution >= 4 is 15.9 Å². The van der Waals surface area contributed by atoms with Crippen molar-refractivity contribution in [1.82, 2.24) is 14.9 Å². The van der Waals surface area contributed by atoms with Gasteiger partial charge < -0.3 is 0 Å². The maximum atomic E-state index is 11.1. The van der Waals surface area contributed by atoms with E-state index in [-0.39, 0.29) is 0 Å². The number of hydrogen-bond donors (Lipinski definition) is 3. The van der Waals surface area contributed by atoms with Gasteiger partial charge in [0.05, 0.1) is 17.1 Å². The molecule has 0 aliphatic carbocycles. The summed E-state index contributed by atoms with van der Waals surface area (Å²) in [5.41, 5.74) is 1.81. The molecule has 6 nitrogen and oxygen atoms in total. The summed E-state index contributed by atoms with van der Waals surface area (Å²) in [6, 6.07) is 0. The summed E-state index contributed by atoms with van der Waals surface area (Å²) in [5.74, 6) is 0. The van der Waals surface area contributed by atoms with Gasteiger partial charge in [0.2, 0.25) is 0 Å². The second-order valence-electron chi connectivity index (χ2n) is 2.62. The molecule has 0 aliphatic heterocycles. The predicted octanol–water partition coefficient (Wildman–Crippen LogP) is -0.0974. The average Bonchev–Trinajstić information content (AvgIpc) is 2.36. The molecule has 13 heavy (non-hydrogen) atoms. The van der Waals surface area contributed by atoms with Gasteiger partial charge in [-0.2, -0.15) is 13.5 Å². The van der Waals surface area contributed by atoms with Crippen molar-refractivity contribution in [3.05, 3.63) is 11.4 Å². The predicted molar refractivity (Wildman–Crippen MR) is 49.7 cm³/mol. The van der Waals surface area contributed by atoms with Gasteiger partial charge in [-0.25, -0.2) is 4.72 Å². The van der Waals surface area contributed by atoms with E-state index in [0.29, 0.717) is 17.1 Å². The van der Waals surface area contributed by atoms with Crippen molar-refractivity contribution in [2.45, 2.75) is 13.8 Å². The fourth-order valence-corrected chi connectivity index (χ4v) is 1.56. The number of anilines is 1. The molecule has 0 aliphatic rings. The minimum atomic E-state index is -3.45. The Morgan fingerprint density at radius 1 is 1.38 bits per heavy atom. The Kier molecular flexibility index (Phi) is 2.58. The van der Waals surface area contributed by atoms with Gasteiger partial charge in [-0.3, -0.25) is 9.82 Å². The Balaban J connectivity index is 2.99. The van der Waals surface area contributed by atoms with Crippen LogP contribution in [0.15, 0.2) is 0 Å². The van der Waals surface area contributed by atoms with E-state index < -0.39 is 10.2 Å². The van der Waals surface area contributed by atoms with Crippen LogP contribution in [0.5, 0.6) is 0 Å². The lowest BCUT2D eigenvalue weighted by Gasteiger charge is -2.05. The molecular formula is C6H12N4O2S. The molecule has 0 spiro atoms. The van der Waals surface area contributed by atoms with Gasteiger partial charge in [-0.1, -0.05) is 0 Å². The normalized spacial score (nSPS) is 11.6. The van der Waals surface area contributed by atoms with E-state index in [1.165, 1.54) is 7.05 Å². The van der Waals surface area contributed by atoms with Crippen molar-refractivity contribution in [3.8, 4) is 0 Å². The van der Waals surface area contributed by atoms with Gasteiger partial charge in [0, 0.05) is 7.05 Å². The molecule has 0 fully saturated rings. The van der Waals surface area contributed by atoms with E-state index in [2.05, 4.69) is 19.6 Å². The molecule has 0 amide bonds. The zero-order valence-corrected chi connectivity index (χ0v) is 8.49. The van der Waals surface area contributed by atoms with Crippen molar-refractivity contribution in [3.63, 3.8) is 0 Å². The lowest BCUT2D eigenvalue weighted by Crippen LogP contribution is -2.26. The first kappa shape index (κ1) is 10.0. The van der Waals surface area contributed by atoms with Crippen LogP contribution in [0.3, 0.4) is 0 Å². The van der Waals surface area contributed by atoms with Gasteiger partial charge in [-0.05, 0) is 13.8 Å². The summed E-state index contributed by atoms with van der Waals surface area (Å²) in [4.78, 5) is 0. The first-order valence-corrected chi connectivity index (χ1v) is 5.17. The zero-order chi connectivity index (χ0) is 10.1. The molecular weight excluding hydrogens is 192 g/mol. The highest BCUT2D eigenvalue weighted by Gasteiger charge is 2.12. The third-order valence-electron chi connectivity index (χ3n) is 1.63. The van der Waals surface area contributed by atoms with E-state index in [1.807, 2.05) is 0 Å². The maximum Gasteiger partial charge on any atom is 0.298 e. The topological polar surface area (TPSA) is 86.9 Å². The fraction of sp³-hybridized carbons (Fsp3) is 0.500. The van der Waals surface area contributed by atoms with Crippen LogP contribution in [0, 0.1) is 13.8 Å². The van der Waals surface area contributed by atoms with Gasteiger partial charge in [0.25, 0.3) is 10.2 Å². The average molecular weight is 204 g/mol. The van der Waals surface area contributed by atoms with Gasteiger partial charge >= 0.3 is 0 Å². The van der Waals surface area contributed by atoms with Crippen molar-refractivity contribution in [2.24, 2.45) is 0 Å². The number of nitrogens with zero attached hydrogens (tertiary/aromatic N) is 1. The number of aromatic amines is 1. The highest BCUT2D eigenvalue weighted by atomic mass is 32.2. The van der Waals surface area contributed by atoms with E-state index in [0.717, 1.165) is 0 Å². The van der Waals surface area contributed by atoms with Crippen molar-refractivity contribution in [2.75, 3.05) is 11.8 Å². The minimum absolute atomic E-state index is 0.495. The van der Waals surface area contributed by atoms with Crippen LogP contribution in [0.25, 0.3) is 0 Å². The quantitative estimate of drug-likeness (QED) is 0.642. The smallest absolute Gasteiger partial charge is 0.280 e. The van der Waals surface area contributed by atoms with E-state index in [9.17, 15) is 8.42 Å². The SMILES string of the molecule is CNS(=O)(=O)Nc1c(C)n[nH]c1C. The molecule has 1 heterocycles. The molecule has 1 aromatic heterocycles. The molecule has 0 atom stereocenters. The summed E-state index contributed by atoms with van der Waals surface area (Å²) in [5, 5.41) is 6.53. The molecule has 0 aromatic carbocycles. The molecule has 7 heteroatoms. The molecule has 0 saturated heterocycles. The van der Waals surface area contributed by atoms with E-state index >= 15 is 0 Å². The molecule has 0 unspecified atom stereocenters. The molecule has 74 valence electrons. The molecule has 1 rings (SSSR count). The number of aromatic nitrogens is 2. The summed E-state index contributed by atoms with van der Waals surface area (Å²) >= 11 is 0. The first-order valence-electron chi connectivity index (χ1n) is 3.69. The molecule has 0 radical (unpaired) electrons. The molecule has 3 N–H and O–H groups in total. The summed E-state index contributed by atoms with van der Waals surface area (Å²) in [6.07, 6.45) is 0. The Morgan fingerprint density at radius 3 is 2.38 bits per heavy atom. The number of H-pyrrole nitrogens is 1. The zero-order valence-electron chi connectivity index (χ0n) is 7.67. The summed E-state index contributed by atoms with van der Waals surface area (Å²) in [6.45, 7) is 3.46. The lowest BCUT2D eigenvalue weighted by atomic mass is 10.3. The fourth-order valence-electron chi connectivity index (χ4n) is 0.887. The number of aryl methyl sites for hydroxylation is 2. The third-order valence-corrected chi connectivity index (χ3v) is 2.64. The van der Waals surface area contributed by atoms with E-state index in [4.69, 9.17) is 0 Å². The molecule has 0 saturated carbocycles. The first-order chi connectivity index (χ1) is 5.96. The minimum Gasteiger partial charge on any atom is -0.280 e. The van der Waals surface area contributed by atoms with E-state index in [1.54, 1.807) is 13.8 Å². The number of nitrogens with one attached hydrogen (secondary N) is 3. The highest BCUT2D eigenvalue weighted by molar-refractivity contribution is 7.90. The molecule has 1 aromatic rings. The van der Waals surface area contributed by atoms with Crippen LogP contribution in [0.2, 0.25) is 0 Å². The number of rotatable bonds is 3. The second kappa shape index (κ2) is 3.35. The van der Waals surface area contributed by atoms with Crippen LogP contribution in [0.1, 0.15) is 11.4 Å². The van der Waals surface area contributed by atoms with Crippen LogP contribution in [0.4, 0.5) is 5.69 Å². The second-order valence-corrected chi connectivity index (χ2v) is 4.24. The Morgan fingerprint density at radius 2 is 2.00 bits per heavy atom. The van der Waals surface area contributed by atoms with Crippen molar-refractivity contribution < 1.29 is 8.42 Å². The van der Waals surface area contributed by atoms with Gasteiger partial charge in [-0.15, -0.1) is 0 Å². The number of hydrogen-bond acceptors (Lipinski definition) is 3. The van der Waals surface area contributed by atoms with Gasteiger partial charge in [0.15, 0.2) is 0 Å². The highest BCUT2D eigenvalue weighted by Crippen LogP contribution is 2.16. The largest absolute Gasteiger partial charge is 0.298 e. The van der Waals surface area contributed by atoms with Gasteiger partial charge in [0.1, 0.15) is 0 Å². The third kappa shape index (κ3) is 2.19. The Hall–Kier alpha value is -1.08. The van der Waals surface area contributed by atoms with Crippen molar-refractivity contribution in [1.29, 1.82) is 0 Å². The molecule has 0 bridgehead atoms. The van der Waals surface area contributed by atoms with Crippen LogP contribution >= 0.6 is 0 Å².